The fourth-order valence-electron chi connectivity index (χ4n) is 3.20. The molecule has 28 heavy (non-hydrogen) atoms. The standard InChI is InChI=1S/C21H25FN4O2/c1-3-24-10-12-25(13-11-24)21(28)26(20-8-5-18(22)6-9-20)15-19-7-4-17(14-23-19)16(2)27/h4-9,14H,3,10-13,15H2,1-2H3. The largest absolute Gasteiger partial charge is 0.324 e. The van der Waals surface area contributed by atoms with E-state index in [0.717, 1.165) is 19.6 Å². The molecule has 0 N–H and O–H groups in total. The average Bonchev–Trinajstić information content (AvgIpc) is 2.72. The van der Waals surface area contributed by atoms with E-state index in [-0.39, 0.29) is 24.2 Å². The highest BCUT2D eigenvalue weighted by atomic mass is 19.1. The molecule has 1 saturated heterocycles. The molecule has 1 fully saturated rings. The summed E-state index contributed by atoms with van der Waals surface area (Å²) >= 11 is 0. The SMILES string of the molecule is CCN1CCN(C(=O)N(Cc2ccc(C(C)=O)cn2)c2ccc(F)cc2)CC1. The number of piperazine rings is 1. The lowest BCUT2D eigenvalue weighted by Crippen LogP contribution is -2.52. The van der Waals surface area contributed by atoms with Crippen LogP contribution in [0.1, 0.15) is 29.9 Å². The molecule has 2 heterocycles. The summed E-state index contributed by atoms with van der Waals surface area (Å²) in [6, 6.07) is 9.21. The van der Waals surface area contributed by atoms with Crippen molar-refractivity contribution in [3.05, 3.63) is 59.7 Å². The van der Waals surface area contributed by atoms with Crippen molar-refractivity contribution < 1.29 is 14.0 Å². The Morgan fingerprint density at radius 2 is 1.75 bits per heavy atom. The fourth-order valence-corrected chi connectivity index (χ4v) is 3.20. The second kappa shape index (κ2) is 8.93. The first-order valence-electron chi connectivity index (χ1n) is 9.48. The van der Waals surface area contributed by atoms with Gasteiger partial charge >= 0.3 is 6.03 Å². The Hall–Kier alpha value is -2.80. The molecule has 148 valence electrons. The maximum atomic E-state index is 13.4. The summed E-state index contributed by atoms with van der Waals surface area (Å²) in [7, 11) is 0. The minimum Gasteiger partial charge on any atom is -0.322 e. The Labute approximate surface area is 164 Å². The number of anilines is 1. The molecule has 0 radical (unpaired) electrons. The lowest BCUT2D eigenvalue weighted by atomic mass is 10.2. The van der Waals surface area contributed by atoms with Crippen molar-refractivity contribution in [3.63, 3.8) is 0 Å². The normalized spacial score (nSPS) is 14.8. The van der Waals surface area contributed by atoms with Gasteiger partial charge in [-0.05, 0) is 49.9 Å². The summed E-state index contributed by atoms with van der Waals surface area (Å²) < 4.78 is 13.4. The molecule has 7 heteroatoms. The van der Waals surface area contributed by atoms with Crippen molar-refractivity contribution in [3.8, 4) is 0 Å². The molecule has 1 aromatic heterocycles. The third kappa shape index (κ3) is 4.72. The second-order valence-corrected chi connectivity index (χ2v) is 6.86. The van der Waals surface area contributed by atoms with Gasteiger partial charge in [0.25, 0.3) is 0 Å². The van der Waals surface area contributed by atoms with E-state index >= 15 is 0 Å². The van der Waals surface area contributed by atoms with Gasteiger partial charge < -0.3 is 9.80 Å². The van der Waals surface area contributed by atoms with Crippen molar-refractivity contribution in [2.24, 2.45) is 0 Å². The van der Waals surface area contributed by atoms with Crippen molar-refractivity contribution >= 4 is 17.5 Å². The molecule has 1 aliphatic rings. The number of ketones is 1. The molecule has 1 aromatic carbocycles. The van der Waals surface area contributed by atoms with Crippen LogP contribution in [-0.4, -0.2) is 59.3 Å². The van der Waals surface area contributed by atoms with Gasteiger partial charge in [0.2, 0.25) is 0 Å². The Bertz CT molecular complexity index is 815. The smallest absolute Gasteiger partial charge is 0.322 e. The summed E-state index contributed by atoms with van der Waals surface area (Å²) in [5.41, 5.74) is 1.80. The van der Waals surface area contributed by atoms with E-state index in [1.807, 2.05) is 4.90 Å². The molecule has 6 nitrogen and oxygen atoms in total. The maximum absolute atomic E-state index is 13.4. The number of likely N-dealkylation sites (N-methyl/N-ethyl adjacent to an activating group) is 1. The Kier molecular flexibility index (Phi) is 6.36. The van der Waals surface area contributed by atoms with Crippen molar-refractivity contribution in [1.82, 2.24) is 14.8 Å². The molecule has 0 saturated carbocycles. The number of pyridine rings is 1. The van der Waals surface area contributed by atoms with Gasteiger partial charge in [0.05, 0.1) is 12.2 Å². The third-order valence-electron chi connectivity index (χ3n) is 5.01. The number of nitrogens with zero attached hydrogens (tertiary/aromatic N) is 4. The van der Waals surface area contributed by atoms with Gasteiger partial charge in [-0.25, -0.2) is 9.18 Å². The lowest BCUT2D eigenvalue weighted by Gasteiger charge is -2.37. The number of amides is 2. The van der Waals surface area contributed by atoms with E-state index in [0.29, 0.717) is 30.0 Å². The predicted octanol–water partition coefficient (Wildman–Crippen LogP) is 3.19. The number of aromatic nitrogens is 1. The van der Waals surface area contributed by atoms with Crippen LogP contribution in [0.5, 0.6) is 0 Å². The number of halogens is 1. The van der Waals surface area contributed by atoms with E-state index in [2.05, 4.69) is 16.8 Å². The Morgan fingerprint density at radius 3 is 2.29 bits per heavy atom. The molecular weight excluding hydrogens is 359 g/mol. The van der Waals surface area contributed by atoms with Gasteiger partial charge in [0, 0.05) is 43.6 Å². The van der Waals surface area contributed by atoms with E-state index in [4.69, 9.17) is 0 Å². The number of hydrogen-bond acceptors (Lipinski definition) is 4. The summed E-state index contributed by atoms with van der Waals surface area (Å²) in [5.74, 6) is -0.407. The molecule has 0 aliphatic carbocycles. The lowest BCUT2D eigenvalue weighted by molar-refractivity contribution is 0.101. The van der Waals surface area contributed by atoms with Gasteiger partial charge in [-0.2, -0.15) is 0 Å². The molecule has 0 atom stereocenters. The van der Waals surface area contributed by atoms with E-state index in [1.54, 1.807) is 29.2 Å². The summed E-state index contributed by atoms with van der Waals surface area (Å²) in [6.45, 7) is 7.80. The molecule has 3 rings (SSSR count). The van der Waals surface area contributed by atoms with E-state index in [9.17, 15) is 14.0 Å². The van der Waals surface area contributed by atoms with E-state index < -0.39 is 0 Å². The fraction of sp³-hybridized carbons (Fsp3) is 0.381. The molecular formula is C21H25FN4O2. The molecule has 0 spiro atoms. The highest BCUT2D eigenvalue weighted by molar-refractivity contribution is 5.94. The summed E-state index contributed by atoms with van der Waals surface area (Å²) in [4.78, 5) is 34.7. The number of carbonyl (C=O) groups excluding carboxylic acids is 2. The monoisotopic (exact) mass is 384 g/mol. The number of rotatable bonds is 5. The Balaban J connectivity index is 1.81. The zero-order valence-electron chi connectivity index (χ0n) is 16.3. The maximum Gasteiger partial charge on any atom is 0.324 e. The number of hydrogen-bond donors (Lipinski definition) is 0. The first-order valence-corrected chi connectivity index (χ1v) is 9.48. The number of urea groups is 1. The molecule has 2 aromatic rings. The highest BCUT2D eigenvalue weighted by Crippen LogP contribution is 2.20. The molecule has 2 amide bonds. The second-order valence-electron chi connectivity index (χ2n) is 6.86. The van der Waals surface area contributed by atoms with Crippen LogP contribution < -0.4 is 4.90 Å². The van der Waals surface area contributed by atoms with Crippen molar-refractivity contribution in [2.45, 2.75) is 20.4 Å². The van der Waals surface area contributed by atoms with Crippen LogP contribution in [0.25, 0.3) is 0 Å². The zero-order chi connectivity index (χ0) is 20.1. The van der Waals surface area contributed by atoms with Crippen molar-refractivity contribution in [1.29, 1.82) is 0 Å². The topological polar surface area (TPSA) is 56.8 Å². The number of carbonyl (C=O) groups is 2. The minimum atomic E-state index is -0.350. The van der Waals surface area contributed by atoms with Crippen molar-refractivity contribution in [2.75, 3.05) is 37.6 Å². The highest BCUT2D eigenvalue weighted by Gasteiger charge is 2.26. The summed E-state index contributed by atoms with van der Waals surface area (Å²) in [6.07, 6.45) is 1.52. The Morgan fingerprint density at radius 1 is 1.07 bits per heavy atom. The van der Waals surface area contributed by atoms with Gasteiger partial charge in [-0.15, -0.1) is 0 Å². The number of Topliss-reactive ketones (excluding diaryl/α,β-unsaturated/α-hetero) is 1. The third-order valence-corrected chi connectivity index (χ3v) is 5.01. The first-order chi connectivity index (χ1) is 13.5. The minimum absolute atomic E-state index is 0.0562. The van der Waals surface area contributed by atoms with Crippen LogP contribution in [-0.2, 0) is 6.54 Å². The van der Waals surface area contributed by atoms with Crippen LogP contribution in [0.4, 0.5) is 14.9 Å². The van der Waals surface area contributed by atoms with Crippen LogP contribution in [0.3, 0.4) is 0 Å². The first kappa shape index (κ1) is 19.9. The van der Waals surface area contributed by atoms with Crippen LogP contribution >= 0.6 is 0 Å². The molecule has 0 bridgehead atoms. The predicted molar refractivity (Wildman–Crippen MR) is 106 cm³/mol. The number of benzene rings is 1. The molecule has 0 unspecified atom stereocenters. The van der Waals surface area contributed by atoms with Gasteiger partial charge in [-0.3, -0.25) is 14.7 Å². The quantitative estimate of drug-likeness (QED) is 0.743. The molecule has 1 aliphatic heterocycles. The van der Waals surface area contributed by atoms with Crippen LogP contribution in [0.2, 0.25) is 0 Å². The van der Waals surface area contributed by atoms with Gasteiger partial charge in [0.15, 0.2) is 5.78 Å². The van der Waals surface area contributed by atoms with Crippen LogP contribution in [0.15, 0.2) is 42.6 Å². The average molecular weight is 384 g/mol. The van der Waals surface area contributed by atoms with Gasteiger partial charge in [0.1, 0.15) is 5.82 Å². The van der Waals surface area contributed by atoms with Gasteiger partial charge in [-0.1, -0.05) is 6.92 Å². The van der Waals surface area contributed by atoms with Crippen LogP contribution in [0, 0.1) is 5.82 Å². The zero-order valence-corrected chi connectivity index (χ0v) is 16.3. The summed E-state index contributed by atoms with van der Waals surface area (Å²) in [5, 5.41) is 0. The van der Waals surface area contributed by atoms with E-state index in [1.165, 1.54) is 25.3 Å².